The maximum Gasteiger partial charge on any atom is 0.309 e. The molecule has 1 aromatic rings. The number of rotatable bonds is 1. The Morgan fingerprint density at radius 3 is 3.14 bits per heavy atom. The Morgan fingerprint density at radius 2 is 2.43 bits per heavy atom. The van der Waals surface area contributed by atoms with Crippen LogP contribution < -0.4 is 0 Å². The average Bonchev–Trinajstić information content (AvgIpc) is 2.59. The van der Waals surface area contributed by atoms with Crippen molar-refractivity contribution in [3.8, 4) is 0 Å². The van der Waals surface area contributed by atoms with E-state index in [0.29, 0.717) is 6.42 Å². The molecule has 0 N–H and O–H groups in total. The maximum absolute atomic E-state index is 11.3. The van der Waals surface area contributed by atoms with Crippen LogP contribution in [0.2, 0.25) is 0 Å². The molecular formula is C10H10BrNO2. The Morgan fingerprint density at radius 1 is 1.64 bits per heavy atom. The molecule has 0 radical (unpaired) electrons. The minimum atomic E-state index is -0.140. The molecule has 0 saturated heterocycles. The van der Waals surface area contributed by atoms with Crippen LogP contribution in [-0.2, 0) is 22.4 Å². The standard InChI is InChI=1S/C10H10BrNO2/c1-14-10(13)7-2-6-3-8(11)5-12-9(6)4-7/h3,5,7H,2,4H2,1H3. The molecule has 1 unspecified atom stereocenters. The summed E-state index contributed by atoms with van der Waals surface area (Å²) in [5.74, 6) is -0.184. The Bertz CT molecular complexity index is 378. The molecule has 1 aliphatic rings. The van der Waals surface area contributed by atoms with Crippen LogP contribution in [0.1, 0.15) is 11.3 Å². The highest BCUT2D eigenvalue weighted by atomic mass is 79.9. The Kier molecular flexibility index (Phi) is 2.54. The summed E-state index contributed by atoms with van der Waals surface area (Å²) >= 11 is 3.36. The van der Waals surface area contributed by atoms with Crippen LogP contribution in [0.15, 0.2) is 16.7 Å². The van der Waals surface area contributed by atoms with Crippen molar-refractivity contribution in [1.29, 1.82) is 0 Å². The van der Waals surface area contributed by atoms with Gasteiger partial charge in [0.2, 0.25) is 0 Å². The van der Waals surface area contributed by atoms with Crippen molar-refractivity contribution in [3.63, 3.8) is 0 Å². The summed E-state index contributed by atoms with van der Waals surface area (Å²) < 4.78 is 5.68. The summed E-state index contributed by atoms with van der Waals surface area (Å²) in [6.07, 6.45) is 3.21. The molecule has 0 aromatic carbocycles. The van der Waals surface area contributed by atoms with Gasteiger partial charge >= 0.3 is 5.97 Å². The Balaban J connectivity index is 2.22. The van der Waals surface area contributed by atoms with Gasteiger partial charge in [0.25, 0.3) is 0 Å². The van der Waals surface area contributed by atoms with Gasteiger partial charge in [0.15, 0.2) is 0 Å². The molecule has 0 spiro atoms. The van der Waals surface area contributed by atoms with Crippen molar-refractivity contribution in [2.45, 2.75) is 12.8 Å². The van der Waals surface area contributed by atoms with Crippen LogP contribution in [0.4, 0.5) is 0 Å². The molecule has 74 valence electrons. The molecule has 1 aliphatic carbocycles. The number of methoxy groups -OCH3 is 1. The summed E-state index contributed by atoms with van der Waals surface area (Å²) in [4.78, 5) is 15.6. The van der Waals surface area contributed by atoms with E-state index < -0.39 is 0 Å². The maximum atomic E-state index is 11.3. The van der Waals surface area contributed by atoms with Gasteiger partial charge in [0.05, 0.1) is 13.0 Å². The van der Waals surface area contributed by atoms with Crippen molar-refractivity contribution < 1.29 is 9.53 Å². The summed E-state index contributed by atoms with van der Waals surface area (Å²) in [5, 5.41) is 0. The first-order valence-electron chi connectivity index (χ1n) is 4.42. The van der Waals surface area contributed by atoms with Crippen molar-refractivity contribution in [2.75, 3.05) is 7.11 Å². The Labute approximate surface area is 90.6 Å². The lowest BCUT2D eigenvalue weighted by atomic mass is 10.1. The number of hydrogen-bond donors (Lipinski definition) is 0. The van der Waals surface area contributed by atoms with Gasteiger partial charge in [-0.15, -0.1) is 0 Å². The van der Waals surface area contributed by atoms with Crippen LogP contribution in [0.5, 0.6) is 0 Å². The molecule has 4 heteroatoms. The van der Waals surface area contributed by atoms with Gasteiger partial charge in [-0.05, 0) is 34.0 Å². The molecule has 14 heavy (non-hydrogen) atoms. The van der Waals surface area contributed by atoms with Crippen molar-refractivity contribution in [3.05, 3.63) is 28.0 Å². The van der Waals surface area contributed by atoms with E-state index in [-0.39, 0.29) is 11.9 Å². The third kappa shape index (κ3) is 1.66. The van der Waals surface area contributed by atoms with Crippen LogP contribution in [-0.4, -0.2) is 18.1 Å². The molecule has 0 fully saturated rings. The van der Waals surface area contributed by atoms with Gasteiger partial charge < -0.3 is 4.74 Å². The quantitative estimate of drug-likeness (QED) is 0.718. The topological polar surface area (TPSA) is 39.2 Å². The van der Waals surface area contributed by atoms with E-state index in [1.807, 2.05) is 6.07 Å². The second kappa shape index (κ2) is 3.69. The minimum absolute atomic E-state index is 0.0446. The smallest absolute Gasteiger partial charge is 0.309 e. The number of hydrogen-bond acceptors (Lipinski definition) is 3. The van der Waals surface area contributed by atoms with Crippen LogP contribution in [0.25, 0.3) is 0 Å². The monoisotopic (exact) mass is 255 g/mol. The average molecular weight is 256 g/mol. The fourth-order valence-corrected chi connectivity index (χ4v) is 2.15. The summed E-state index contributed by atoms with van der Waals surface area (Å²) in [7, 11) is 1.43. The third-order valence-corrected chi connectivity index (χ3v) is 2.90. The van der Waals surface area contributed by atoms with E-state index in [9.17, 15) is 4.79 Å². The fourth-order valence-electron chi connectivity index (χ4n) is 1.77. The van der Waals surface area contributed by atoms with Gasteiger partial charge in [-0.2, -0.15) is 0 Å². The van der Waals surface area contributed by atoms with Crippen LogP contribution in [0.3, 0.4) is 0 Å². The lowest BCUT2D eigenvalue weighted by Gasteiger charge is -2.03. The normalized spacial score (nSPS) is 19.1. The van der Waals surface area contributed by atoms with Crippen molar-refractivity contribution in [1.82, 2.24) is 4.98 Å². The molecular weight excluding hydrogens is 246 g/mol. The highest BCUT2D eigenvalue weighted by Gasteiger charge is 2.28. The van der Waals surface area contributed by atoms with E-state index in [4.69, 9.17) is 4.74 Å². The fraction of sp³-hybridized carbons (Fsp3) is 0.400. The van der Waals surface area contributed by atoms with E-state index in [1.165, 1.54) is 7.11 Å². The number of aromatic nitrogens is 1. The zero-order valence-corrected chi connectivity index (χ0v) is 9.37. The number of esters is 1. The SMILES string of the molecule is COC(=O)C1Cc2cc(Br)cnc2C1. The second-order valence-electron chi connectivity index (χ2n) is 3.39. The number of nitrogens with zero attached hydrogens (tertiary/aromatic N) is 1. The first-order valence-corrected chi connectivity index (χ1v) is 5.21. The second-order valence-corrected chi connectivity index (χ2v) is 4.30. The molecule has 0 aliphatic heterocycles. The highest BCUT2D eigenvalue weighted by Crippen LogP contribution is 2.27. The molecule has 2 rings (SSSR count). The van der Waals surface area contributed by atoms with E-state index in [0.717, 1.165) is 22.2 Å². The summed E-state index contributed by atoms with van der Waals surface area (Å²) in [6.45, 7) is 0. The highest BCUT2D eigenvalue weighted by molar-refractivity contribution is 9.10. The predicted octanol–water partition coefficient (Wildman–Crippen LogP) is 1.73. The van der Waals surface area contributed by atoms with Gasteiger partial charge in [0.1, 0.15) is 0 Å². The van der Waals surface area contributed by atoms with Crippen molar-refractivity contribution >= 4 is 21.9 Å². The van der Waals surface area contributed by atoms with E-state index in [1.54, 1.807) is 6.20 Å². The molecule has 0 saturated carbocycles. The Hall–Kier alpha value is -0.900. The van der Waals surface area contributed by atoms with Gasteiger partial charge in [-0.3, -0.25) is 9.78 Å². The van der Waals surface area contributed by atoms with Crippen molar-refractivity contribution in [2.24, 2.45) is 5.92 Å². The first-order chi connectivity index (χ1) is 6.70. The van der Waals surface area contributed by atoms with Crippen LogP contribution in [0, 0.1) is 5.92 Å². The lowest BCUT2D eigenvalue weighted by Crippen LogP contribution is -2.16. The number of carbonyl (C=O) groups excluding carboxylic acids is 1. The molecule has 1 atom stereocenters. The van der Waals surface area contributed by atoms with E-state index in [2.05, 4.69) is 20.9 Å². The van der Waals surface area contributed by atoms with Gasteiger partial charge in [-0.25, -0.2) is 0 Å². The zero-order chi connectivity index (χ0) is 10.1. The number of carbonyl (C=O) groups is 1. The number of ether oxygens (including phenoxy) is 1. The lowest BCUT2D eigenvalue weighted by molar-refractivity contribution is -0.145. The number of halogens is 1. The largest absolute Gasteiger partial charge is 0.469 e. The zero-order valence-electron chi connectivity index (χ0n) is 7.79. The molecule has 3 nitrogen and oxygen atoms in total. The number of pyridine rings is 1. The number of fused-ring (bicyclic) bond motifs is 1. The summed E-state index contributed by atoms with van der Waals surface area (Å²) in [5.41, 5.74) is 2.17. The van der Waals surface area contributed by atoms with E-state index >= 15 is 0 Å². The van der Waals surface area contributed by atoms with Gasteiger partial charge in [0, 0.05) is 22.8 Å². The minimum Gasteiger partial charge on any atom is -0.469 e. The third-order valence-electron chi connectivity index (χ3n) is 2.47. The molecule has 0 bridgehead atoms. The first kappa shape index (κ1) is 9.65. The molecule has 0 amide bonds. The van der Waals surface area contributed by atoms with Gasteiger partial charge in [-0.1, -0.05) is 0 Å². The molecule has 1 heterocycles. The molecule has 1 aromatic heterocycles. The summed E-state index contributed by atoms with van der Waals surface area (Å²) in [6, 6.07) is 2.02. The van der Waals surface area contributed by atoms with Crippen LogP contribution >= 0.6 is 15.9 Å². The predicted molar refractivity (Wildman–Crippen MR) is 54.9 cm³/mol.